The molecular formula is C12H16ClNO. The van der Waals surface area contributed by atoms with Crippen molar-refractivity contribution in [1.82, 2.24) is 0 Å². The van der Waals surface area contributed by atoms with Gasteiger partial charge in [0.25, 0.3) is 0 Å². The van der Waals surface area contributed by atoms with Crippen molar-refractivity contribution in [3.63, 3.8) is 0 Å². The fourth-order valence-electron chi connectivity index (χ4n) is 1.86. The van der Waals surface area contributed by atoms with Gasteiger partial charge in [-0.25, -0.2) is 0 Å². The third kappa shape index (κ3) is 2.27. The maximum Gasteiger partial charge on any atom is 0.0661 e. The Kier molecular flexibility index (Phi) is 2.89. The van der Waals surface area contributed by atoms with Gasteiger partial charge in [-0.1, -0.05) is 23.7 Å². The lowest BCUT2D eigenvalue weighted by atomic mass is 9.96. The number of halogens is 1. The molecule has 0 aromatic heterocycles. The quantitative estimate of drug-likeness (QED) is 0.826. The molecule has 2 N–H and O–H groups in total. The highest BCUT2D eigenvalue weighted by atomic mass is 35.5. The van der Waals surface area contributed by atoms with Gasteiger partial charge in [-0.15, -0.1) is 0 Å². The Morgan fingerprint density at radius 1 is 1.47 bits per heavy atom. The summed E-state index contributed by atoms with van der Waals surface area (Å²) in [6.07, 6.45) is 2.38. The van der Waals surface area contributed by atoms with Crippen LogP contribution in [-0.4, -0.2) is 17.3 Å². The molecule has 0 amide bonds. The molecule has 1 saturated carbocycles. The lowest BCUT2D eigenvalue weighted by Crippen LogP contribution is -2.41. The van der Waals surface area contributed by atoms with Crippen molar-refractivity contribution in [2.75, 3.05) is 11.9 Å². The third-order valence-corrected chi connectivity index (χ3v) is 3.43. The van der Waals surface area contributed by atoms with Crippen LogP contribution in [0, 0.1) is 5.92 Å². The molecule has 1 unspecified atom stereocenters. The van der Waals surface area contributed by atoms with Crippen LogP contribution in [0.2, 0.25) is 5.02 Å². The van der Waals surface area contributed by atoms with Crippen LogP contribution in [0.1, 0.15) is 19.8 Å². The predicted octanol–water partition coefficient (Wildman–Crippen LogP) is 2.91. The first-order valence-corrected chi connectivity index (χ1v) is 5.67. The van der Waals surface area contributed by atoms with E-state index in [1.54, 1.807) is 0 Å². The standard InChI is InChI=1S/C12H16ClNO/c1-12(8-15,9-6-7-9)14-11-5-3-2-4-10(11)13/h2-5,9,14-15H,6-8H2,1H3. The molecule has 82 valence electrons. The Hall–Kier alpha value is -0.730. The first kappa shape index (κ1) is 10.8. The summed E-state index contributed by atoms with van der Waals surface area (Å²) in [4.78, 5) is 0. The number of nitrogens with one attached hydrogen (secondary N) is 1. The molecule has 2 nitrogen and oxygen atoms in total. The zero-order valence-electron chi connectivity index (χ0n) is 8.83. The van der Waals surface area contributed by atoms with E-state index in [0.29, 0.717) is 10.9 Å². The second-order valence-electron chi connectivity index (χ2n) is 4.45. The second-order valence-corrected chi connectivity index (χ2v) is 4.86. The molecule has 1 fully saturated rings. The predicted molar refractivity (Wildman–Crippen MR) is 63.3 cm³/mol. The topological polar surface area (TPSA) is 32.3 Å². The molecular weight excluding hydrogens is 210 g/mol. The van der Waals surface area contributed by atoms with Gasteiger partial charge in [-0.05, 0) is 37.8 Å². The van der Waals surface area contributed by atoms with Crippen molar-refractivity contribution in [3.05, 3.63) is 29.3 Å². The van der Waals surface area contributed by atoms with E-state index in [1.165, 1.54) is 12.8 Å². The lowest BCUT2D eigenvalue weighted by Gasteiger charge is -2.30. The minimum Gasteiger partial charge on any atom is -0.394 e. The van der Waals surface area contributed by atoms with Crippen LogP contribution in [0.4, 0.5) is 5.69 Å². The van der Waals surface area contributed by atoms with Gasteiger partial charge in [0.05, 0.1) is 22.9 Å². The van der Waals surface area contributed by atoms with E-state index in [1.807, 2.05) is 31.2 Å². The molecule has 1 atom stereocenters. The number of hydrogen-bond acceptors (Lipinski definition) is 2. The van der Waals surface area contributed by atoms with Crippen molar-refractivity contribution >= 4 is 17.3 Å². The molecule has 0 spiro atoms. The highest BCUT2D eigenvalue weighted by Crippen LogP contribution is 2.41. The number of rotatable bonds is 4. The largest absolute Gasteiger partial charge is 0.394 e. The lowest BCUT2D eigenvalue weighted by molar-refractivity contribution is 0.206. The molecule has 1 aliphatic carbocycles. The molecule has 0 bridgehead atoms. The molecule has 1 aromatic carbocycles. The van der Waals surface area contributed by atoms with Crippen LogP contribution in [0.3, 0.4) is 0 Å². The number of benzene rings is 1. The third-order valence-electron chi connectivity index (χ3n) is 3.10. The van der Waals surface area contributed by atoms with E-state index in [4.69, 9.17) is 11.6 Å². The molecule has 1 aromatic rings. The first-order valence-electron chi connectivity index (χ1n) is 5.29. The van der Waals surface area contributed by atoms with Crippen LogP contribution in [-0.2, 0) is 0 Å². The molecule has 0 heterocycles. The zero-order chi connectivity index (χ0) is 10.9. The molecule has 0 aliphatic heterocycles. The minimum absolute atomic E-state index is 0.142. The van der Waals surface area contributed by atoms with Crippen LogP contribution in [0.5, 0.6) is 0 Å². The van der Waals surface area contributed by atoms with Gasteiger partial charge >= 0.3 is 0 Å². The summed E-state index contributed by atoms with van der Waals surface area (Å²) in [7, 11) is 0. The summed E-state index contributed by atoms with van der Waals surface area (Å²) in [5.41, 5.74) is 0.674. The molecule has 1 aliphatic rings. The summed E-state index contributed by atoms with van der Waals surface area (Å²) in [5, 5.41) is 13.5. The maximum absolute atomic E-state index is 9.44. The Balaban J connectivity index is 2.16. The molecule has 3 heteroatoms. The van der Waals surface area contributed by atoms with E-state index in [9.17, 15) is 5.11 Å². The summed E-state index contributed by atoms with van der Waals surface area (Å²) in [6.45, 7) is 2.19. The summed E-state index contributed by atoms with van der Waals surface area (Å²) >= 11 is 6.07. The molecule has 15 heavy (non-hydrogen) atoms. The number of aliphatic hydroxyl groups is 1. The Bertz CT molecular complexity index is 351. The number of anilines is 1. The molecule has 0 radical (unpaired) electrons. The monoisotopic (exact) mass is 225 g/mol. The Morgan fingerprint density at radius 3 is 2.67 bits per heavy atom. The minimum atomic E-state index is -0.231. The summed E-state index contributed by atoms with van der Waals surface area (Å²) in [5.74, 6) is 0.568. The van der Waals surface area contributed by atoms with Gasteiger partial charge in [0.15, 0.2) is 0 Å². The number of para-hydroxylation sites is 1. The van der Waals surface area contributed by atoms with E-state index >= 15 is 0 Å². The van der Waals surface area contributed by atoms with E-state index in [2.05, 4.69) is 5.32 Å². The highest BCUT2D eigenvalue weighted by Gasteiger charge is 2.41. The van der Waals surface area contributed by atoms with Crippen molar-refractivity contribution in [3.8, 4) is 0 Å². The van der Waals surface area contributed by atoms with E-state index in [-0.39, 0.29) is 12.1 Å². The first-order chi connectivity index (χ1) is 7.15. The van der Waals surface area contributed by atoms with Gasteiger partial charge in [0, 0.05) is 0 Å². The Labute approximate surface area is 95.3 Å². The summed E-state index contributed by atoms with van der Waals surface area (Å²) in [6, 6.07) is 7.65. The molecule has 2 rings (SSSR count). The number of hydrogen-bond donors (Lipinski definition) is 2. The van der Waals surface area contributed by atoms with Crippen LogP contribution in [0.25, 0.3) is 0 Å². The Morgan fingerprint density at radius 2 is 2.13 bits per heavy atom. The zero-order valence-corrected chi connectivity index (χ0v) is 9.59. The van der Waals surface area contributed by atoms with Gasteiger partial charge in [0.1, 0.15) is 0 Å². The van der Waals surface area contributed by atoms with Crippen LogP contribution < -0.4 is 5.32 Å². The van der Waals surface area contributed by atoms with Gasteiger partial charge in [-0.2, -0.15) is 0 Å². The van der Waals surface area contributed by atoms with Crippen molar-refractivity contribution in [2.45, 2.75) is 25.3 Å². The molecule has 0 saturated heterocycles. The van der Waals surface area contributed by atoms with Gasteiger partial charge < -0.3 is 10.4 Å². The normalized spacial score (nSPS) is 19.7. The van der Waals surface area contributed by atoms with E-state index < -0.39 is 0 Å². The average Bonchev–Trinajstić information content (AvgIpc) is 3.05. The smallest absolute Gasteiger partial charge is 0.0661 e. The van der Waals surface area contributed by atoms with Crippen molar-refractivity contribution < 1.29 is 5.11 Å². The summed E-state index contributed by atoms with van der Waals surface area (Å²) < 4.78 is 0. The van der Waals surface area contributed by atoms with Crippen LogP contribution >= 0.6 is 11.6 Å². The van der Waals surface area contributed by atoms with Crippen molar-refractivity contribution in [1.29, 1.82) is 0 Å². The number of aliphatic hydroxyl groups excluding tert-OH is 1. The fraction of sp³-hybridized carbons (Fsp3) is 0.500. The van der Waals surface area contributed by atoms with Gasteiger partial charge in [0.2, 0.25) is 0 Å². The average molecular weight is 226 g/mol. The second kappa shape index (κ2) is 4.03. The van der Waals surface area contributed by atoms with Crippen molar-refractivity contribution in [2.24, 2.45) is 5.92 Å². The highest BCUT2D eigenvalue weighted by molar-refractivity contribution is 6.33. The van der Waals surface area contributed by atoms with Gasteiger partial charge in [-0.3, -0.25) is 0 Å². The fourth-order valence-corrected chi connectivity index (χ4v) is 2.04. The maximum atomic E-state index is 9.44. The van der Waals surface area contributed by atoms with E-state index in [0.717, 1.165) is 5.69 Å². The SMILES string of the molecule is CC(CO)(Nc1ccccc1Cl)C1CC1. The van der Waals surface area contributed by atoms with Crippen LogP contribution in [0.15, 0.2) is 24.3 Å².